The zero-order chi connectivity index (χ0) is 14.2. The lowest BCUT2D eigenvalue weighted by Crippen LogP contribution is -1.96. The van der Waals surface area contributed by atoms with E-state index in [0.717, 1.165) is 16.6 Å². The summed E-state index contributed by atoms with van der Waals surface area (Å²) in [6.07, 6.45) is 1.52. The Morgan fingerprint density at radius 2 is 1.76 bits per heavy atom. The molecule has 2 heterocycles. The number of aromatic nitrogens is 2. The number of ether oxygens (including phenoxy) is 2. The van der Waals surface area contributed by atoms with Gasteiger partial charge in [0, 0.05) is 22.2 Å². The molecule has 1 aliphatic heterocycles. The van der Waals surface area contributed by atoms with Gasteiger partial charge in [0.25, 0.3) is 0 Å². The summed E-state index contributed by atoms with van der Waals surface area (Å²) in [5.74, 6) is 2.12. The Morgan fingerprint density at radius 3 is 2.57 bits per heavy atom. The molecule has 0 fully saturated rings. The fourth-order valence-electron chi connectivity index (χ4n) is 2.22. The van der Waals surface area contributed by atoms with Gasteiger partial charge in [-0.1, -0.05) is 11.6 Å². The van der Waals surface area contributed by atoms with E-state index in [1.165, 1.54) is 6.33 Å². The average Bonchev–Trinajstić information content (AvgIpc) is 2.95. The summed E-state index contributed by atoms with van der Waals surface area (Å²) in [6.45, 7) is 0.235. The number of hydrogen-bond acceptors (Lipinski definition) is 5. The summed E-state index contributed by atoms with van der Waals surface area (Å²) < 4.78 is 10.8. The molecule has 0 atom stereocenters. The second kappa shape index (κ2) is 4.79. The maximum absolute atomic E-state index is 5.89. The van der Waals surface area contributed by atoms with Crippen LogP contribution in [0.25, 0.3) is 10.9 Å². The largest absolute Gasteiger partial charge is 0.454 e. The Balaban J connectivity index is 1.79. The van der Waals surface area contributed by atoms with Crippen LogP contribution in [0, 0.1) is 0 Å². The summed E-state index contributed by atoms with van der Waals surface area (Å²) in [5.41, 5.74) is 1.70. The van der Waals surface area contributed by atoms with Gasteiger partial charge < -0.3 is 14.8 Å². The van der Waals surface area contributed by atoms with E-state index >= 15 is 0 Å². The molecule has 21 heavy (non-hydrogen) atoms. The van der Waals surface area contributed by atoms with E-state index in [-0.39, 0.29) is 6.79 Å². The number of fused-ring (bicyclic) bond motifs is 2. The molecule has 4 rings (SSSR count). The van der Waals surface area contributed by atoms with E-state index in [1.807, 2.05) is 36.4 Å². The summed E-state index contributed by atoms with van der Waals surface area (Å²) in [5, 5.41) is 4.82. The van der Waals surface area contributed by atoms with Gasteiger partial charge in [0.05, 0.1) is 5.52 Å². The van der Waals surface area contributed by atoms with Crippen molar-refractivity contribution in [2.75, 3.05) is 12.1 Å². The zero-order valence-corrected chi connectivity index (χ0v) is 11.6. The lowest BCUT2D eigenvalue weighted by molar-refractivity contribution is 0.174. The second-order valence-electron chi connectivity index (χ2n) is 4.58. The number of rotatable bonds is 2. The van der Waals surface area contributed by atoms with Crippen LogP contribution in [-0.4, -0.2) is 16.8 Å². The number of anilines is 2. The molecule has 1 N–H and O–H groups in total. The van der Waals surface area contributed by atoms with Crippen LogP contribution in [0.5, 0.6) is 11.5 Å². The highest BCUT2D eigenvalue weighted by Crippen LogP contribution is 2.37. The van der Waals surface area contributed by atoms with E-state index in [9.17, 15) is 0 Å². The van der Waals surface area contributed by atoms with Crippen molar-refractivity contribution in [3.8, 4) is 11.5 Å². The van der Waals surface area contributed by atoms with Gasteiger partial charge in [0.1, 0.15) is 12.1 Å². The lowest BCUT2D eigenvalue weighted by Gasteiger charge is -2.09. The van der Waals surface area contributed by atoms with Crippen molar-refractivity contribution in [2.24, 2.45) is 0 Å². The highest BCUT2D eigenvalue weighted by Gasteiger charge is 2.16. The normalized spacial score (nSPS) is 12.6. The first-order chi connectivity index (χ1) is 10.3. The maximum Gasteiger partial charge on any atom is 0.231 e. The SMILES string of the molecule is Clc1ccc(Nc2ncnc3cc4c(cc23)OCO4)cc1. The van der Waals surface area contributed by atoms with Crippen LogP contribution in [-0.2, 0) is 0 Å². The molecular formula is C15H10ClN3O2. The van der Waals surface area contributed by atoms with Gasteiger partial charge in [-0.05, 0) is 30.3 Å². The monoisotopic (exact) mass is 299 g/mol. The molecule has 3 aromatic rings. The van der Waals surface area contributed by atoms with Gasteiger partial charge >= 0.3 is 0 Å². The molecule has 1 aromatic heterocycles. The fourth-order valence-corrected chi connectivity index (χ4v) is 2.34. The molecule has 0 spiro atoms. The van der Waals surface area contributed by atoms with Crippen LogP contribution >= 0.6 is 11.6 Å². The Labute approximate surface area is 125 Å². The summed E-state index contributed by atoms with van der Waals surface area (Å²) in [6, 6.07) is 11.2. The number of nitrogens with one attached hydrogen (secondary N) is 1. The Bertz CT molecular complexity index is 821. The molecule has 0 amide bonds. The molecule has 6 heteroatoms. The molecule has 0 bridgehead atoms. The Hall–Kier alpha value is -2.53. The van der Waals surface area contributed by atoms with E-state index in [2.05, 4.69) is 15.3 Å². The van der Waals surface area contributed by atoms with E-state index < -0.39 is 0 Å². The van der Waals surface area contributed by atoms with E-state index in [4.69, 9.17) is 21.1 Å². The molecule has 0 unspecified atom stereocenters. The van der Waals surface area contributed by atoms with Crippen LogP contribution in [0.1, 0.15) is 0 Å². The van der Waals surface area contributed by atoms with Gasteiger partial charge in [-0.15, -0.1) is 0 Å². The van der Waals surface area contributed by atoms with Crippen LogP contribution in [0.4, 0.5) is 11.5 Å². The second-order valence-corrected chi connectivity index (χ2v) is 5.01. The van der Waals surface area contributed by atoms with Crippen LogP contribution in [0.15, 0.2) is 42.7 Å². The minimum absolute atomic E-state index is 0.235. The third-order valence-electron chi connectivity index (χ3n) is 3.24. The fraction of sp³-hybridized carbons (Fsp3) is 0.0667. The number of benzene rings is 2. The smallest absolute Gasteiger partial charge is 0.231 e. The molecule has 104 valence electrons. The molecule has 0 saturated carbocycles. The van der Waals surface area contributed by atoms with Gasteiger partial charge in [0.2, 0.25) is 6.79 Å². The molecule has 0 aliphatic carbocycles. The minimum atomic E-state index is 0.235. The predicted molar refractivity (Wildman–Crippen MR) is 80.4 cm³/mol. The van der Waals surface area contributed by atoms with Crippen LogP contribution in [0.3, 0.4) is 0 Å². The standard InChI is InChI=1S/C15H10ClN3O2/c16-9-1-3-10(4-2-9)19-15-11-5-13-14(21-8-20-13)6-12(11)17-7-18-15/h1-7H,8H2,(H,17,18,19). The van der Waals surface area contributed by atoms with E-state index in [0.29, 0.717) is 22.3 Å². The minimum Gasteiger partial charge on any atom is -0.454 e. The first kappa shape index (κ1) is 12.2. The van der Waals surface area contributed by atoms with Crippen molar-refractivity contribution in [1.29, 1.82) is 0 Å². The highest BCUT2D eigenvalue weighted by molar-refractivity contribution is 6.30. The number of halogens is 1. The van der Waals surface area contributed by atoms with Crippen molar-refractivity contribution in [3.63, 3.8) is 0 Å². The third-order valence-corrected chi connectivity index (χ3v) is 3.49. The van der Waals surface area contributed by atoms with Crippen molar-refractivity contribution >= 4 is 34.0 Å². The Kier molecular flexibility index (Phi) is 2.79. The highest BCUT2D eigenvalue weighted by atomic mass is 35.5. The molecule has 0 saturated heterocycles. The molecule has 1 aliphatic rings. The van der Waals surface area contributed by atoms with Crippen molar-refractivity contribution < 1.29 is 9.47 Å². The average molecular weight is 300 g/mol. The maximum atomic E-state index is 5.89. The van der Waals surface area contributed by atoms with Crippen LogP contribution in [0.2, 0.25) is 5.02 Å². The van der Waals surface area contributed by atoms with Gasteiger partial charge in [0.15, 0.2) is 11.5 Å². The third kappa shape index (κ3) is 2.21. The quantitative estimate of drug-likeness (QED) is 0.781. The molecule has 0 radical (unpaired) electrons. The van der Waals surface area contributed by atoms with E-state index in [1.54, 1.807) is 0 Å². The van der Waals surface area contributed by atoms with Crippen molar-refractivity contribution in [1.82, 2.24) is 9.97 Å². The number of hydrogen-bond donors (Lipinski definition) is 1. The lowest BCUT2D eigenvalue weighted by atomic mass is 10.2. The summed E-state index contributed by atoms with van der Waals surface area (Å²) >= 11 is 5.89. The predicted octanol–water partition coefficient (Wildman–Crippen LogP) is 3.76. The van der Waals surface area contributed by atoms with Gasteiger partial charge in [-0.2, -0.15) is 0 Å². The van der Waals surface area contributed by atoms with Crippen molar-refractivity contribution in [3.05, 3.63) is 47.7 Å². The first-order valence-corrected chi connectivity index (χ1v) is 6.74. The van der Waals surface area contributed by atoms with Gasteiger partial charge in [-0.3, -0.25) is 0 Å². The molecule has 2 aromatic carbocycles. The summed E-state index contributed by atoms with van der Waals surface area (Å²) in [7, 11) is 0. The number of nitrogens with zero attached hydrogens (tertiary/aromatic N) is 2. The van der Waals surface area contributed by atoms with Crippen molar-refractivity contribution in [2.45, 2.75) is 0 Å². The molecule has 5 nitrogen and oxygen atoms in total. The van der Waals surface area contributed by atoms with Gasteiger partial charge in [-0.25, -0.2) is 9.97 Å². The van der Waals surface area contributed by atoms with Crippen LogP contribution < -0.4 is 14.8 Å². The first-order valence-electron chi connectivity index (χ1n) is 6.36. The Morgan fingerprint density at radius 1 is 1.00 bits per heavy atom. The topological polar surface area (TPSA) is 56.3 Å². The molecular weight excluding hydrogens is 290 g/mol. The zero-order valence-electron chi connectivity index (χ0n) is 10.8. The summed E-state index contributed by atoms with van der Waals surface area (Å²) in [4.78, 5) is 8.57.